The molecule has 1 atom stereocenters. The molecule has 0 fully saturated rings. The van der Waals surface area contributed by atoms with E-state index in [1.807, 2.05) is 60.8 Å². The van der Waals surface area contributed by atoms with Gasteiger partial charge < -0.3 is 15.2 Å². The number of hydrogen-bond acceptors (Lipinski definition) is 6. The van der Waals surface area contributed by atoms with Crippen LogP contribution in [0.15, 0.2) is 60.1 Å². The monoisotopic (exact) mass is 377 g/mol. The first kappa shape index (κ1) is 17.3. The van der Waals surface area contributed by atoms with Gasteiger partial charge in [0.1, 0.15) is 17.0 Å². The Morgan fingerprint density at radius 1 is 1.07 bits per heavy atom. The first-order valence-corrected chi connectivity index (χ1v) is 9.43. The molecule has 2 N–H and O–H groups in total. The summed E-state index contributed by atoms with van der Waals surface area (Å²) in [6.07, 6.45) is 1.75. The van der Waals surface area contributed by atoms with Crippen LogP contribution in [0.3, 0.4) is 0 Å². The smallest absolute Gasteiger partial charge is 0.183 e. The SMILES string of the molecule is COc1ccc(C(Nc2nccs2)c2ccc3ccc(C)nc3c2O)cc1. The Morgan fingerprint density at radius 3 is 2.56 bits per heavy atom. The molecule has 4 rings (SSSR count). The number of nitrogens with one attached hydrogen (secondary N) is 1. The van der Waals surface area contributed by atoms with E-state index in [0.717, 1.165) is 33.1 Å². The van der Waals surface area contributed by atoms with Crippen LogP contribution >= 0.6 is 11.3 Å². The van der Waals surface area contributed by atoms with Gasteiger partial charge in [-0.1, -0.05) is 30.3 Å². The van der Waals surface area contributed by atoms with Gasteiger partial charge in [-0.15, -0.1) is 11.3 Å². The zero-order chi connectivity index (χ0) is 18.8. The third-order valence-electron chi connectivity index (χ3n) is 4.47. The number of phenols is 1. The molecule has 6 heteroatoms. The number of benzene rings is 2. The first-order valence-electron chi connectivity index (χ1n) is 8.55. The van der Waals surface area contributed by atoms with Gasteiger partial charge in [0, 0.05) is 28.2 Å². The summed E-state index contributed by atoms with van der Waals surface area (Å²) < 4.78 is 5.26. The van der Waals surface area contributed by atoms with Crippen LogP contribution in [-0.4, -0.2) is 22.2 Å². The fourth-order valence-corrected chi connectivity index (χ4v) is 3.63. The Kier molecular flexibility index (Phi) is 4.64. The highest BCUT2D eigenvalue weighted by Crippen LogP contribution is 2.37. The fourth-order valence-electron chi connectivity index (χ4n) is 3.08. The Balaban J connectivity index is 1.84. The van der Waals surface area contributed by atoms with E-state index in [1.54, 1.807) is 13.3 Å². The van der Waals surface area contributed by atoms with Crippen molar-refractivity contribution in [3.63, 3.8) is 0 Å². The average Bonchev–Trinajstić information content (AvgIpc) is 3.21. The number of thiazole rings is 1. The van der Waals surface area contributed by atoms with E-state index in [9.17, 15) is 5.11 Å². The number of aryl methyl sites for hydroxylation is 1. The highest BCUT2D eigenvalue weighted by Gasteiger charge is 2.21. The minimum atomic E-state index is -0.270. The van der Waals surface area contributed by atoms with Crippen molar-refractivity contribution in [2.45, 2.75) is 13.0 Å². The molecule has 1 unspecified atom stereocenters. The number of aromatic nitrogens is 2. The molecule has 2 aromatic heterocycles. The molecule has 0 aliphatic heterocycles. The van der Waals surface area contributed by atoms with Crippen LogP contribution in [0.2, 0.25) is 0 Å². The van der Waals surface area contributed by atoms with Gasteiger partial charge in [-0.05, 0) is 30.7 Å². The van der Waals surface area contributed by atoms with Crippen molar-refractivity contribution in [2.75, 3.05) is 12.4 Å². The molecule has 0 spiro atoms. The molecule has 0 aliphatic rings. The largest absolute Gasteiger partial charge is 0.505 e. The topological polar surface area (TPSA) is 67.3 Å². The first-order chi connectivity index (χ1) is 13.2. The van der Waals surface area contributed by atoms with E-state index >= 15 is 0 Å². The number of anilines is 1. The minimum absolute atomic E-state index is 0.182. The van der Waals surface area contributed by atoms with Crippen molar-refractivity contribution in [1.82, 2.24) is 9.97 Å². The van der Waals surface area contributed by atoms with Crippen molar-refractivity contribution < 1.29 is 9.84 Å². The molecule has 0 amide bonds. The predicted octanol–water partition coefficient (Wildman–Crippen LogP) is 4.92. The highest BCUT2D eigenvalue weighted by atomic mass is 32.1. The van der Waals surface area contributed by atoms with Crippen LogP contribution in [0.5, 0.6) is 11.5 Å². The maximum atomic E-state index is 11.0. The summed E-state index contributed by atoms with van der Waals surface area (Å²) in [5.74, 6) is 0.966. The zero-order valence-corrected chi connectivity index (χ0v) is 15.8. The summed E-state index contributed by atoms with van der Waals surface area (Å²) in [5.41, 5.74) is 3.21. The van der Waals surface area contributed by atoms with Crippen molar-refractivity contribution in [3.05, 3.63) is 76.9 Å². The quantitative estimate of drug-likeness (QED) is 0.517. The lowest BCUT2D eigenvalue weighted by atomic mass is 9.96. The summed E-state index contributed by atoms with van der Waals surface area (Å²) >= 11 is 1.52. The summed E-state index contributed by atoms with van der Waals surface area (Å²) in [4.78, 5) is 8.86. The zero-order valence-electron chi connectivity index (χ0n) is 15.0. The van der Waals surface area contributed by atoms with Crippen molar-refractivity contribution in [3.8, 4) is 11.5 Å². The average molecular weight is 377 g/mol. The number of rotatable bonds is 5. The number of phenolic OH excluding ortho intramolecular Hbond substituents is 1. The van der Waals surface area contributed by atoms with Crippen LogP contribution in [0.4, 0.5) is 5.13 Å². The van der Waals surface area contributed by atoms with Gasteiger partial charge in [0.05, 0.1) is 13.2 Å². The number of aromatic hydroxyl groups is 1. The van der Waals surface area contributed by atoms with Crippen molar-refractivity contribution >= 4 is 27.4 Å². The molecule has 27 heavy (non-hydrogen) atoms. The fraction of sp³-hybridized carbons (Fsp3) is 0.143. The maximum absolute atomic E-state index is 11.0. The van der Waals surface area contributed by atoms with E-state index in [-0.39, 0.29) is 11.8 Å². The minimum Gasteiger partial charge on any atom is -0.505 e. The number of hydrogen-bond donors (Lipinski definition) is 2. The predicted molar refractivity (Wildman–Crippen MR) is 109 cm³/mol. The molecule has 2 heterocycles. The van der Waals surface area contributed by atoms with Gasteiger partial charge >= 0.3 is 0 Å². The number of pyridine rings is 1. The number of nitrogens with zero attached hydrogens (tertiary/aromatic N) is 2. The number of ether oxygens (including phenoxy) is 1. The van der Waals surface area contributed by atoms with E-state index in [2.05, 4.69) is 15.3 Å². The summed E-state index contributed by atoms with van der Waals surface area (Å²) in [7, 11) is 1.64. The second-order valence-corrected chi connectivity index (χ2v) is 7.11. The Morgan fingerprint density at radius 2 is 1.85 bits per heavy atom. The number of methoxy groups -OCH3 is 1. The highest BCUT2D eigenvalue weighted by molar-refractivity contribution is 7.13. The third kappa shape index (κ3) is 3.44. The van der Waals surface area contributed by atoms with E-state index in [1.165, 1.54) is 11.3 Å². The summed E-state index contributed by atoms with van der Waals surface area (Å²) in [5, 5.41) is 18.0. The molecule has 136 valence electrons. The van der Waals surface area contributed by atoms with Crippen LogP contribution in [0, 0.1) is 6.92 Å². The maximum Gasteiger partial charge on any atom is 0.183 e. The lowest BCUT2D eigenvalue weighted by Gasteiger charge is -2.21. The molecule has 0 radical (unpaired) electrons. The molecule has 0 bridgehead atoms. The van der Waals surface area contributed by atoms with Crippen LogP contribution in [-0.2, 0) is 0 Å². The molecular weight excluding hydrogens is 358 g/mol. The lowest BCUT2D eigenvalue weighted by molar-refractivity contribution is 0.414. The second-order valence-electron chi connectivity index (χ2n) is 6.22. The normalized spacial score (nSPS) is 12.1. The molecule has 0 aliphatic carbocycles. The van der Waals surface area contributed by atoms with Gasteiger partial charge in [-0.25, -0.2) is 9.97 Å². The molecule has 0 saturated carbocycles. The standard InChI is InChI=1S/C21H19N3O2S/c1-13-3-4-15-7-10-17(20(25)19(15)23-13)18(24-21-22-11-12-27-21)14-5-8-16(26-2)9-6-14/h3-12,18,25H,1-2H3,(H,22,24). The summed E-state index contributed by atoms with van der Waals surface area (Å²) in [6.45, 7) is 1.92. The van der Waals surface area contributed by atoms with Crippen molar-refractivity contribution in [2.24, 2.45) is 0 Å². The van der Waals surface area contributed by atoms with Crippen molar-refractivity contribution in [1.29, 1.82) is 0 Å². The third-order valence-corrected chi connectivity index (χ3v) is 5.17. The molecule has 0 saturated heterocycles. The van der Waals surface area contributed by atoms with Gasteiger partial charge in [0.15, 0.2) is 5.13 Å². The van der Waals surface area contributed by atoms with Crippen LogP contribution in [0.25, 0.3) is 10.9 Å². The Hall–Kier alpha value is -3.12. The summed E-state index contributed by atoms with van der Waals surface area (Å²) in [6, 6.07) is 15.3. The van der Waals surface area contributed by atoms with E-state index in [0.29, 0.717) is 5.52 Å². The Bertz CT molecular complexity index is 1060. The van der Waals surface area contributed by atoms with Gasteiger partial charge in [-0.3, -0.25) is 0 Å². The van der Waals surface area contributed by atoms with Crippen LogP contribution in [0.1, 0.15) is 22.9 Å². The van der Waals surface area contributed by atoms with Crippen LogP contribution < -0.4 is 10.1 Å². The molecule has 5 nitrogen and oxygen atoms in total. The Labute approximate surface area is 161 Å². The second kappa shape index (κ2) is 7.25. The number of fused-ring (bicyclic) bond motifs is 1. The van der Waals surface area contributed by atoms with Gasteiger partial charge in [0.25, 0.3) is 0 Å². The molecular formula is C21H19N3O2S. The van der Waals surface area contributed by atoms with Gasteiger partial charge in [-0.2, -0.15) is 0 Å². The van der Waals surface area contributed by atoms with E-state index in [4.69, 9.17) is 4.74 Å². The van der Waals surface area contributed by atoms with Gasteiger partial charge in [0.2, 0.25) is 0 Å². The molecule has 2 aromatic carbocycles. The van der Waals surface area contributed by atoms with E-state index < -0.39 is 0 Å². The molecule has 4 aromatic rings. The lowest BCUT2D eigenvalue weighted by Crippen LogP contribution is -2.12.